The molecule has 2 aromatic rings. The van der Waals surface area contributed by atoms with E-state index in [9.17, 15) is 0 Å². The number of rotatable bonds is 3. The maximum atomic E-state index is 3.91. The van der Waals surface area contributed by atoms with E-state index < -0.39 is 0 Å². The molecule has 0 aliphatic heterocycles. The van der Waals surface area contributed by atoms with E-state index in [-0.39, 0.29) is 6.04 Å². The molecule has 0 saturated heterocycles. The summed E-state index contributed by atoms with van der Waals surface area (Å²) in [7, 11) is 1.88. The lowest BCUT2D eigenvalue weighted by atomic mass is 10.1. The molecule has 0 aliphatic carbocycles. The normalized spacial score (nSPS) is 12.7. The Kier molecular flexibility index (Phi) is 2.73. The minimum Gasteiger partial charge on any atom is -0.307 e. The van der Waals surface area contributed by atoms with Crippen LogP contribution in [0.2, 0.25) is 0 Å². The van der Waals surface area contributed by atoms with Crippen molar-refractivity contribution in [2.24, 2.45) is 0 Å². The van der Waals surface area contributed by atoms with Crippen molar-refractivity contribution in [2.45, 2.75) is 13.0 Å². The average molecular weight is 203 g/mol. The minimum atomic E-state index is 0.0144. The van der Waals surface area contributed by atoms with Gasteiger partial charge in [-0.1, -0.05) is 29.8 Å². The zero-order chi connectivity index (χ0) is 10.7. The van der Waals surface area contributed by atoms with Gasteiger partial charge < -0.3 is 5.32 Å². The molecule has 0 aliphatic rings. The van der Waals surface area contributed by atoms with Gasteiger partial charge in [0.25, 0.3) is 0 Å². The van der Waals surface area contributed by atoms with E-state index in [1.54, 1.807) is 0 Å². The second-order valence-corrected chi connectivity index (χ2v) is 3.42. The number of aromatic amines is 1. The van der Waals surface area contributed by atoms with Crippen LogP contribution in [0.25, 0.3) is 0 Å². The van der Waals surface area contributed by atoms with Crippen LogP contribution in [0.15, 0.2) is 24.3 Å². The Labute approximate surface area is 87.9 Å². The van der Waals surface area contributed by atoms with Crippen molar-refractivity contribution < 1.29 is 0 Å². The first-order chi connectivity index (χ1) is 7.31. The highest BCUT2D eigenvalue weighted by Gasteiger charge is 2.14. The lowest BCUT2D eigenvalue weighted by molar-refractivity contribution is 0.648. The highest BCUT2D eigenvalue weighted by Crippen LogP contribution is 2.17. The van der Waals surface area contributed by atoms with Crippen molar-refractivity contribution in [2.75, 3.05) is 7.05 Å². The lowest BCUT2D eigenvalue weighted by Crippen LogP contribution is -2.19. The molecule has 0 saturated carbocycles. The van der Waals surface area contributed by atoms with Gasteiger partial charge in [0.05, 0.1) is 6.04 Å². The van der Waals surface area contributed by atoms with Gasteiger partial charge >= 0.3 is 0 Å². The van der Waals surface area contributed by atoms with Crippen LogP contribution in [-0.4, -0.2) is 27.7 Å². The lowest BCUT2D eigenvalue weighted by Gasteiger charge is -2.12. The Hall–Kier alpha value is -1.75. The van der Waals surface area contributed by atoms with Crippen molar-refractivity contribution >= 4 is 0 Å². The van der Waals surface area contributed by atoms with Crippen molar-refractivity contribution in [1.29, 1.82) is 0 Å². The summed E-state index contributed by atoms with van der Waals surface area (Å²) >= 11 is 0. The molecule has 1 aromatic carbocycles. The highest BCUT2D eigenvalue weighted by atomic mass is 15.5. The van der Waals surface area contributed by atoms with Crippen molar-refractivity contribution in [1.82, 2.24) is 25.9 Å². The molecular formula is C10H13N5. The van der Waals surface area contributed by atoms with Crippen LogP contribution >= 0.6 is 0 Å². The first kappa shape index (κ1) is 9.79. The van der Waals surface area contributed by atoms with Gasteiger partial charge in [0.2, 0.25) is 0 Å². The number of aromatic nitrogens is 4. The maximum absolute atomic E-state index is 3.91. The zero-order valence-electron chi connectivity index (χ0n) is 8.73. The summed E-state index contributed by atoms with van der Waals surface area (Å²) < 4.78 is 0. The molecule has 1 atom stereocenters. The van der Waals surface area contributed by atoms with E-state index in [4.69, 9.17) is 0 Å². The van der Waals surface area contributed by atoms with Crippen molar-refractivity contribution in [3.8, 4) is 0 Å². The number of nitrogens with one attached hydrogen (secondary N) is 2. The SMILES string of the molecule is CN[C@@H](c1ccc(C)cc1)c1nnn[nH]1. The highest BCUT2D eigenvalue weighted by molar-refractivity contribution is 5.27. The molecule has 0 bridgehead atoms. The Morgan fingerprint density at radius 1 is 1.27 bits per heavy atom. The fraction of sp³-hybridized carbons (Fsp3) is 0.300. The largest absolute Gasteiger partial charge is 0.307 e. The van der Waals surface area contributed by atoms with Gasteiger partial charge in [-0.15, -0.1) is 5.10 Å². The third kappa shape index (κ3) is 2.02. The molecule has 5 heteroatoms. The summed E-state index contributed by atoms with van der Waals surface area (Å²) in [6.45, 7) is 2.06. The maximum Gasteiger partial charge on any atom is 0.170 e. The third-order valence-corrected chi connectivity index (χ3v) is 2.33. The van der Waals surface area contributed by atoms with Gasteiger partial charge in [0.15, 0.2) is 5.82 Å². The topological polar surface area (TPSA) is 66.5 Å². The van der Waals surface area contributed by atoms with Crippen LogP contribution in [-0.2, 0) is 0 Å². The number of nitrogens with zero attached hydrogens (tertiary/aromatic N) is 3. The molecule has 0 radical (unpaired) electrons. The van der Waals surface area contributed by atoms with Crippen molar-refractivity contribution in [3.05, 3.63) is 41.2 Å². The number of aryl methyl sites for hydroxylation is 1. The summed E-state index contributed by atoms with van der Waals surface area (Å²) in [6, 6.07) is 8.30. The van der Waals surface area contributed by atoms with E-state index in [2.05, 4.69) is 57.1 Å². The molecule has 5 nitrogen and oxygen atoms in total. The Morgan fingerprint density at radius 2 is 2.00 bits per heavy atom. The number of tetrazole rings is 1. The second kappa shape index (κ2) is 4.18. The molecule has 0 fully saturated rings. The van der Waals surface area contributed by atoms with E-state index in [0.717, 1.165) is 11.4 Å². The quantitative estimate of drug-likeness (QED) is 0.775. The number of H-pyrrole nitrogens is 1. The monoisotopic (exact) mass is 203 g/mol. The summed E-state index contributed by atoms with van der Waals surface area (Å²) in [5.74, 6) is 0.723. The molecule has 1 heterocycles. The molecule has 0 spiro atoms. The van der Waals surface area contributed by atoms with E-state index in [1.807, 2.05) is 7.05 Å². The van der Waals surface area contributed by atoms with Crippen LogP contribution in [0.1, 0.15) is 23.0 Å². The number of hydrogen-bond acceptors (Lipinski definition) is 4. The second-order valence-electron chi connectivity index (χ2n) is 3.42. The molecule has 78 valence electrons. The summed E-state index contributed by atoms with van der Waals surface area (Å²) in [5.41, 5.74) is 2.38. The van der Waals surface area contributed by atoms with Crippen LogP contribution in [0.3, 0.4) is 0 Å². The van der Waals surface area contributed by atoms with Crippen LogP contribution in [0.4, 0.5) is 0 Å². The Bertz CT molecular complexity index is 406. The average Bonchev–Trinajstić information content (AvgIpc) is 2.75. The van der Waals surface area contributed by atoms with Crippen LogP contribution in [0.5, 0.6) is 0 Å². The van der Waals surface area contributed by atoms with E-state index in [0.29, 0.717) is 0 Å². The zero-order valence-corrected chi connectivity index (χ0v) is 8.73. The van der Waals surface area contributed by atoms with Gasteiger partial charge in [-0.05, 0) is 30.0 Å². The minimum absolute atomic E-state index is 0.0144. The summed E-state index contributed by atoms with van der Waals surface area (Å²) in [4.78, 5) is 0. The predicted molar refractivity (Wildman–Crippen MR) is 56.3 cm³/mol. The first-order valence-electron chi connectivity index (χ1n) is 4.78. The standard InChI is InChI=1S/C10H13N5/c1-7-3-5-8(6-4-7)9(11-2)10-12-14-15-13-10/h3-6,9,11H,1-2H3,(H,12,13,14,15)/t9-/m0/s1. The Balaban J connectivity index is 2.31. The van der Waals surface area contributed by atoms with E-state index >= 15 is 0 Å². The smallest absolute Gasteiger partial charge is 0.170 e. The van der Waals surface area contributed by atoms with Gasteiger partial charge in [-0.3, -0.25) is 0 Å². The Morgan fingerprint density at radius 3 is 2.53 bits per heavy atom. The van der Waals surface area contributed by atoms with Crippen LogP contribution in [0, 0.1) is 6.92 Å². The number of benzene rings is 1. The summed E-state index contributed by atoms with van der Waals surface area (Å²) in [6.07, 6.45) is 0. The molecule has 1 aromatic heterocycles. The van der Waals surface area contributed by atoms with E-state index in [1.165, 1.54) is 5.56 Å². The van der Waals surface area contributed by atoms with Crippen molar-refractivity contribution in [3.63, 3.8) is 0 Å². The van der Waals surface area contributed by atoms with Gasteiger partial charge in [0.1, 0.15) is 0 Å². The van der Waals surface area contributed by atoms with Gasteiger partial charge in [-0.25, -0.2) is 5.10 Å². The fourth-order valence-corrected chi connectivity index (χ4v) is 1.51. The molecule has 2 rings (SSSR count). The third-order valence-electron chi connectivity index (χ3n) is 2.33. The fourth-order valence-electron chi connectivity index (χ4n) is 1.51. The first-order valence-corrected chi connectivity index (χ1v) is 4.78. The number of hydrogen-bond donors (Lipinski definition) is 2. The molecule has 0 unspecified atom stereocenters. The van der Waals surface area contributed by atoms with Crippen LogP contribution < -0.4 is 5.32 Å². The molecule has 2 N–H and O–H groups in total. The summed E-state index contributed by atoms with van der Waals surface area (Å²) in [5, 5.41) is 17.0. The molecule has 15 heavy (non-hydrogen) atoms. The van der Waals surface area contributed by atoms with Gasteiger partial charge in [-0.2, -0.15) is 0 Å². The molecular weight excluding hydrogens is 190 g/mol. The molecule has 0 amide bonds. The predicted octanol–water partition coefficient (Wildman–Crippen LogP) is 0.817. The van der Waals surface area contributed by atoms with Gasteiger partial charge in [0, 0.05) is 0 Å².